The molecule has 6 nitrogen and oxygen atoms in total. The van der Waals surface area contributed by atoms with Gasteiger partial charge in [-0.15, -0.1) is 0 Å². The monoisotopic (exact) mass is 362 g/mol. The molecule has 0 atom stereocenters. The summed E-state index contributed by atoms with van der Waals surface area (Å²) in [5, 5.41) is 0.627. The second kappa shape index (κ2) is 8.94. The molecule has 0 radical (unpaired) electrons. The third kappa shape index (κ3) is 6.00. The standard InChI is InChI=1S/C18H19ClN2O4/c1-12-9-15(7-8-16(12)19)25-11-18(23)21-20-17(22)10-13-3-5-14(24-2)6-4-13/h3-9H,10-11H2,1-2H3,(H,20,22)(H,21,23). The number of nitrogens with one attached hydrogen (secondary N) is 2. The first kappa shape index (κ1) is 18.6. The lowest BCUT2D eigenvalue weighted by Gasteiger charge is -2.10. The minimum Gasteiger partial charge on any atom is -0.497 e. The van der Waals surface area contributed by atoms with Crippen molar-refractivity contribution >= 4 is 23.4 Å². The summed E-state index contributed by atoms with van der Waals surface area (Å²) in [6, 6.07) is 12.2. The molecule has 0 aliphatic rings. The fraction of sp³-hybridized carbons (Fsp3) is 0.222. The second-order valence-corrected chi connectivity index (χ2v) is 5.73. The Morgan fingerprint density at radius 3 is 2.28 bits per heavy atom. The van der Waals surface area contributed by atoms with Crippen LogP contribution in [0, 0.1) is 6.92 Å². The summed E-state index contributed by atoms with van der Waals surface area (Å²) >= 11 is 5.92. The molecule has 2 rings (SSSR count). The van der Waals surface area contributed by atoms with E-state index in [0.717, 1.165) is 11.1 Å². The number of rotatable bonds is 6. The molecule has 25 heavy (non-hydrogen) atoms. The number of carbonyl (C=O) groups is 2. The number of methoxy groups -OCH3 is 1. The lowest BCUT2D eigenvalue weighted by Crippen LogP contribution is -2.44. The van der Waals surface area contributed by atoms with Gasteiger partial charge in [0.1, 0.15) is 11.5 Å². The summed E-state index contributed by atoms with van der Waals surface area (Å²) in [4.78, 5) is 23.5. The van der Waals surface area contributed by atoms with Gasteiger partial charge in [-0.25, -0.2) is 0 Å². The van der Waals surface area contributed by atoms with Crippen molar-refractivity contribution in [1.82, 2.24) is 10.9 Å². The average molecular weight is 363 g/mol. The number of hydrazine groups is 1. The number of amides is 2. The van der Waals surface area contributed by atoms with Gasteiger partial charge in [0.25, 0.3) is 5.91 Å². The summed E-state index contributed by atoms with van der Waals surface area (Å²) in [6.45, 7) is 1.62. The molecule has 0 bridgehead atoms. The van der Waals surface area contributed by atoms with Gasteiger partial charge >= 0.3 is 0 Å². The van der Waals surface area contributed by atoms with Crippen molar-refractivity contribution in [2.45, 2.75) is 13.3 Å². The van der Waals surface area contributed by atoms with Crippen molar-refractivity contribution < 1.29 is 19.1 Å². The van der Waals surface area contributed by atoms with Gasteiger partial charge in [-0.2, -0.15) is 0 Å². The number of hydrogen-bond donors (Lipinski definition) is 2. The van der Waals surface area contributed by atoms with Crippen LogP contribution < -0.4 is 20.3 Å². The summed E-state index contributed by atoms with van der Waals surface area (Å²) in [5.74, 6) is 0.449. The Labute approximate surface area is 151 Å². The van der Waals surface area contributed by atoms with E-state index in [1.807, 2.05) is 6.92 Å². The van der Waals surface area contributed by atoms with E-state index in [-0.39, 0.29) is 18.9 Å². The second-order valence-electron chi connectivity index (χ2n) is 5.32. The molecule has 2 aromatic carbocycles. The first-order chi connectivity index (χ1) is 12.0. The van der Waals surface area contributed by atoms with E-state index in [1.54, 1.807) is 49.6 Å². The van der Waals surface area contributed by atoms with Crippen LogP contribution in [0.15, 0.2) is 42.5 Å². The van der Waals surface area contributed by atoms with Crippen LogP contribution in [-0.2, 0) is 16.0 Å². The molecule has 132 valence electrons. The molecule has 0 aliphatic carbocycles. The largest absolute Gasteiger partial charge is 0.497 e. The molecule has 0 saturated heterocycles. The zero-order chi connectivity index (χ0) is 18.2. The third-order valence-corrected chi connectivity index (χ3v) is 3.79. The number of aryl methyl sites for hydroxylation is 1. The lowest BCUT2D eigenvalue weighted by molar-refractivity contribution is -0.129. The molecular weight excluding hydrogens is 344 g/mol. The van der Waals surface area contributed by atoms with Gasteiger partial charge in [-0.1, -0.05) is 23.7 Å². The minimum absolute atomic E-state index is 0.140. The highest BCUT2D eigenvalue weighted by molar-refractivity contribution is 6.31. The third-order valence-electron chi connectivity index (χ3n) is 3.36. The number of benzene rings is 2. The Kier molecular flexibility index (Phi) is 6.65. The smallest absolute Gasteiger partial charge is 0.276 e. The van der Waals surface area contributed by atoms with E-state index in [9.17, 15) is 9.59 Å². The minimum atomic E-state index is -0.462. The summed E-state index contributed by atoms with van der Waals surface area (Å²) in [7, 11) is 1.57. The Balaban J connectivity index is 1.73. The average Bonchev–Trinajstić information content (AvgIpc) is 2.61. The molecule has 0 unspecified atom stereocenters. The Bertz CT molecular complexity index is 747. The molecule has 0 heterocycles. The van der Waals surface area contributed by atoms with Crippen LogP contribution in [0.25, 0.3) is 0 Å². The predicted octanol–water partition coefficient (Wildman–Crippen LogP) is 2.43. The van der Waals surface area contributed by atoms with Gasteiger partial charge in [-0.3, -0.25) is 20.4 Å². The van der Waals surface area contributed by atoms with Crippen LogP contribution in [0.5, 0.6) is 11.5 Å². The fourth-order valence-electron chi connectivity index (χ4n) is 2.00. The van der Waals surface area contributed by atoms with Crippen molar-refractivity contribution in [3.05, 3.63) is 58.6 Å². The number of hydrogen-bond acceptors (Lipinski definition) is 4. The topological polar surface area (TPSA) is 76.7 Å². The van der Waals surface area contributed by atoms with Gasteiger partial charge in [-0.05, 0) is 48.4 Å². The molecule has 0 aliphatic heterocycles. The van der Waals surface area contributed by atoms with Crippen LogP contribution in [0.2, 0.25) is 5.02 Å². The molecule has 0 spiro atoms. The zero-order valence-corrected chi connectivity index (χ0v) is 14.7. The van der Waals surface area contributed by atoms with E-state index in [1.165, 1.54) is 0 Å². The van der Waals surface area contributed by atoms with Gasteiger partial charge in [0.05, 0.1) is 13.5 Å². The van der Waals surface area contributed by atoms with Crippen molar-refractivity contribution in [2.24, 2.45) is 0 Å². The highest BCUT2D eigenvalue weighted by atomic mass is 35.5. The highest BCUT2D eigenvalue weighted by Gasteiger charge is 2.07. The van der Waals surface area contributed by atoms with E-state index in [2.05, 4.69) is 10.9 Å². The van der Waals surface area contributed by atoms with Crippen LogP contribution in [0.4, 0.5) is 0 Å². The maximum Gasteiger partial charge on any atom is 0.276 e. The maximum absolute atomic E-state index is 11.8. The first-order valence-electron chi connectivity index (χ1n) is 7.57. The molecule has 0 fully saturated rings. The number of halogens is 1. The molecule has 2 N–H and O–H groups in total. The SMILES string of the molecule is COc1ccc(CC(=O)NNC(=O)COc2ccc(Cl)c(C)c2)cc1. The molecule has 2 amide bonds. The first-order valence-corrected chi connectivity index (χ1v) is 7.95. The van der Waals surface area contributed by atoms with E-state index in [0.29, 0.717) is 16.5 Å². The molecule has 2 aromatic rings. The van der Waals surface area contributed by atoms with E-state index < -0.39 is 5.91 Å². The van der Waals surface area contributed by atoms with Gasteiger partial charge < -0.3 is 9.47 Å². The van der Waals surface area contributed by atoms with Crippen LogP contribution in [-0.4, -0.2) is 25.5 Å². The van der Waals surface area contributed by atoms with E-state index >= 15 is 0 Å². The van der Waals surface area contributed by atoms with Gasteiger partial charge in [0, 0.05) is 5.02 Å². The van der Waals surface area contributed by atoms with Gasteiger partial charge in [0.15, 0.2) is 6.61 Å². The Hall–Kier alpha value is -2.73. The fourth-order valence-corrected chi connectivity index (χ4v) is 2.12. The van der Waals surface area contributed by atoms with Crippen molar-refractivity contribution in [3.63, 3.8) is 0 Å². The quantitative estimate of drug-likeness (QED) is 0.774. The van der Waals surface area contributed by atoms with Gasteiger partial charge in [0.2, 0.25) is 5.91 Å². The maximum atomic E-state index is 11.8. The molecule has 7 heteroatoms. The molecular formula is C18H19ClN2O4. The summed E-state index contributed by atoms with van der Waals surface area (Å²) < 4.78 is 10.4. The van der Waals surface area contributed by atoms with Crippen LogP contribution in [0.3, 0.4) is 0 Å². The summed E-state index contributed by atoms with van der Waals surface area (Å²) in [6.07, 6.45) is 0.140. The van der Waals surface area contributed by atoms with Crippen molar-refractivity contribution in [1.29, 1.82) is 0 Å². The molecule has 0 aromatic heterocycles. The van der Waals surface area contributed by atoms with Crippen molar-refractivity contribution in [2.75, 3.05) is 13.7 Å². The predicted molar refractivity (Wildman–Crippen MR) is 94.7 cm³/mol. The number of ether oxygens (including phenoxy) is 2. The van der Waals surface area contributed by atoms with Crippen LogP contribution in [0.1, 0.15) is 11.1 Å². The zero-order valence-electron chi connectivity index (χ0n) is 14.0. The lowest BCUT2D eigenvalue weighted by atomic mass is 10.1. The molecule has 0 saturated carbocycles. The summed E-state index contributed by atoms with van der Waals surface area (Å²) in [5.41, 5.74) is 6.31. The normalized spacial score (nSPS) is 10.0. The number of carbonyl (C=O) groups excluding carboxylic acids is 2. The Morgan fingerprint density at radius 2 is 1.64 bits per heavy atom. The van der Waals surface area contributed by atoms with Crippen LogP contribution >= 0.6 is 11.6 Å². The van der Waals surface area contributed by atoms with E-state index in [4.69, 9.17) is 21.1 Å². The van der Waals surface area contributed by atoms with Crippen molar-refractivity contribution in [3.8, 4) is 11.5 Å². The Morgan fingerprint density at radius 1 is 1.00 bits per heavy atom. The highest BCUT2D eigenvalue weighted by Crippen LogP contribution is 2.20.